The van der Waals surface area contributed by atoms with Crippen molar-refractivity contribution < 1.29 is 21.6 Å². The highest BCUT2D eigenvalue weighted by atomic mass is 32.2. The van der Waals surface area contributed by atoms with Crippen molar-refractivity contribution in [2.45, 2.75) is 20.0 Å². The molecule has 0 aliphatic carbocycles. The topological polar surface area (TPSA) is 52.0 Å². The first kappa shape index (κ1) is 11.0. The van der Waals surface area contributed by atoms with Gasteiger partial charge in [-0.3, -0.25) is 0 Å². The lowest BCUT2D eigenvalue weighted by atomic mass is 10.2. The van der Waals surface area contributed by atoms with Crippen LogP contribution in [0, 0.1) is 13.8 Å². The van der Waals surface area contributed by atoms with Gasteiger partial charge in [0.1, 0.15) is 0 Å². The number of halogens is 3. The van der Waals surface area contributed by atoms with Gasteiger partial charge in [-0.25, -0.2) is 8.42 Å². The second-order valence-electron chi connectivity index (χ2n) is 2.68. The Morgan fingerprint density at radius 2 is 1.79 bits per heavy atom. The van der Waals surface area contributed by atoms with Crippen molar-refractivity contribution in [1.82, 2.24) is 9.19 Å². The second kappa shape index (κ2) is 3.26. The third kappa shape index (κ3) is 1.74. The highest BCUT2D eigenvalue weighted by Crippen LogP contribution is 2.31. The van der Waals surface area contributed by atoms with Gasteiger partial charge in [0.05, 0.1) is 5.69 Å². The average Bonchev–Trinajstić information content (AvgIpc) is 2.28. The Labute approximate surface area is 79.4 Å². The Hall–Kier alpha value is -1.05. The zero-order valence-electron chi connectivity index (χ0n) is 7.29. The molecule has 4 nitrogen and oxygen atoms in total. The van der Waals surface area contributed by atoms with Crippen molar-refractivity contribution in [3.8, 4) is 0 Å². The molecule has 8 heteroatoms. The molecule has 0 N–H and O–H groups in total. The van der Waals surface area contributed by atoms with Crippen LogP contribution in [0.25, 0.3) is 0 Å². The predicted molar refractivity (Wildman–Crippen MR) is 42.4 cm³/mol. The fourth-order valence-electron chi connectivity index (χ4n) is 0.994. The number of rotatable bonds is 1. The minimum absolute atomic E-state index is 0.0200. The molecule has 0 fully saturated rings. The quantitative estimate of drug-likeness (QED) is 0.726. The maximum Gasteiger partial charge on any atom is 0.435 e. The summed E-state index contributed by atoms with van der Waals surface area (Å²) in [5.41, 5.74) is -1.35. The van der Waals surface area contributed by atoms with Gasteiger partial charge >= 0.3 is 6.18 Å². The third-order valence-corrected chi connectivity index (χ3v) is 2.51. The van der Waals surface area contributed by atoms with Gasteiger partial charge in [-0.2, -0.15) is 22.4 Å². The molecule has 0 bridgehead atoms. The standard InChI is InChI=1S/C6H7F3N2O2S/c1-3-4(2)11(14(12)13)10-5(3)6(7,8)9/h14H,1-2H3. The van der Waals surface area contributed by atoms with E-state index in [4.69, 9.17) is 0 Å². The van der Waals surface area contributed by atoms with Crippen LogP contribution < -0.4 is 0 Å². The zero-order valence-corrected chi connectivity index (χ0v) is 8.19. The molecule has 0 amide bonds. The molecule has 0 aromatic carbocycles. The third-order valence-electron chi connectivity index (χ3n) is 1.82. The molecule has 0 aliphatic rings. The number of hydrogen-bond acceptors (Lipinski definition) is 3. The molecule has 1 aromatic rings. The Morgan fingerprint density at radius 1 is 1.29 bits per heavy atom. The maximum atomic E-state index is 12.2. The summed E-state index contributed by atoms with van der Waals surface area (Å²) in [5, 5.41) is 2.98. The van der Waals surface area contributed by atoms with Crippen LogP contribution in [0.4, 0.5) is 13.2 Å². The van der Waals surface area contributed by atoms with Crippen LogP contribution in [-0.4, -0.2) is 17.6 Å². The number of thiol groups is 1. The monoisotopic (exact) mass is 228 g/mol. The summed E-state index contributed by atoms with van der Waals surface area (Å²) >= 11 is 0. The van der Waals surface area contributed by atoms with E-state index in [9.17, 15) is 21.6 Å². The van der Waals surface area contributed by atoms with Crippen LogP contribution in [0.15, 0.2) is 0 Å². The number of alkyl halides is 3. The highest BCUT2D eigenvalue weighted by Gasteiger charge is 2.37. The van der Waals surface area contributed by atoms with Crippen molar-refractivity contribution in [2.24, 2.45) is 0 Å². The first-order chi connectivity index (χ1) is 6.25. The van der Waals surface area contributed by atoms with E-state index in [1.807, 2.05) is 0 Å². The second-order valence-corrected chi connectivity index (χ2v) is 3.54. The van der Waals surface area contributed by atoms with Crippen molar-refractivity contribution >= 4 is 10.9 Å². The molecule has 80 valence electrons. The molecule has 0 unspecified atom stereocenters. The normalized spacial score (nSPS) is 12.4. The molecule has 14 heavy (non-hydrogen) atoms. The highest BCUT2D eigenvalue weighted by molar-refractivity contribution is 7.70. The van der Waals surface area contributed by atoms with Crippen LogP contribution in [0.1, 0.15) is 17.0 Å². The number of aromatic nitrogens is 2. The summed E-state index contributed by atoms with van der Waals surface area (Å²) in [6, 6.07) is 0. The molecule has 1 heterocycles. The summed E-state index contributed by atoms with van der Waals surface area (Å²) in [7, 11) is -3.15. The predicted octanol–water partition coefficient (Wildman–Crippen LogP) is 0.893. The Bertz CT molecular complexity index is 425. The fraction of sp³-hybridized carbons (Fsp3) is 0.500. The minimum atomic E-state index is -4.62. The molecular formula is C6H7F3N2O2S. The van der Waals surface area contributed by atoms with Gasteiger partial charge in [0.15, 0.2) is 5.69 Å². The van der Waals surface area contributed by atoms with Gasteiger partial charge in [0, 0.05) is 5.56 Å². The summed E-state index contributed by atoms with van der Waals surface area (Å²) in [6.07, 6.45) is -4.62. The van der Waals surface area contributed by atoms with E-state index in [2.05, 4.69) is 5.10 Å². The van der Waals surface area contributed by atoms with Gasteiger partial charge < -0.3 is 0 Å². The van der Waals surface area contributed by atoms with Crippen LogP contribution >= 0.6 is 0 Å². The summed E-state index contributed by atoms with van der Waals surface area (Å²) in [4.78, 5) is 0. The molecule has 0 radical (unpaired) electrons. The van der Waals surface area contributed by atoms with Gasteiger partial charge in [-0.05, 0) is 13.8 Å². The average molecular weight is 228 g/mol. The van der Waals surface area contributed by atoms with Crippen LogP contribution in [-0.2, 0) is 17.1 Å². The lowest BCUT2D eigenvalue weighted by molar-refractivity contribution is -0.141. The van der Waals surface area contributed by atoms with Crippen LogP contribution in [0.2, 0.25) is 0 Å². The van der Waals surface area contributed by atoms with Gasteiger partial charge in [0.25, 0.3) is 0 Å². The number of hydrogen-bond donors (Lipinski definition) is 1. The summed E-state index contributed by atoms with van der Waals surface area (Å²) < 4.78 is 58.0. The Kier molecular flexibility index (Phi) is 2.57. The first-order valence-electron chi connectivity index (χ1n) is 3.53. The van der Waals surface area contributed by atoms with E-state index >= 15 is 0 Å². The molecule has 0 saturated heterocycles. The number of nitrogens with zero attached hydrogens (tertiary/aromatic N) is 2. The minimum Gasteiger partial charge on any atom is -0.208 e. The molecule has 0 atom stereocenters. The van der Waals surface area contributed by atoms with E-state index in [1.54, 1.807) is 0 Å². The molecule has 0 aliphatic heterocycles. The molecule has 0 saturated carbocycles. The van der Waals surface area contributed by atoms with E-state index in [0.717, 1.165) is 0 Å². The van der Waals surface area contributed by atoms with Crippen molar-refractivity contribution in [1.29, 1.82) is 0 Å². The van der Waals surface area contributed by atoms with E-state index in [1.165, 1.54) is 13.8 Å². The van der Waals surface area contributed by atoms with Crippen molar-refractivity contribution in [2.75, 3.05) is 0 Å². The summed E-state index contributed by atoms with van der Waals surface area (Å²) in [6.45, 7) is 2.45. The lowest BCUT2D eigenvalue weighted by Crippen LogP contribution is -2.08. The maximum absolute atomic E-state index is 12.2. The molecular weight excluding hydrogens is 221 g/mol. The first-order valence-corrected chi connectivity index (χ1v) is 4.66. The van der Waals surface area contributed by atoms with E-state index in [-0.39, 0.29) is 11.3 Å². The van der Waals surface area contributed by atoms with Gasteiger partial charge in [-0.1, -0.05) is 0 Å². The van der Waals surface area contributed by atoms with Crippen molar-refractivity contribution in [3.05, 3.63) is 17.0 Å². The molecule has 1 aromatic heterocycles. The fourth-order valence-corrected chi connectivity index (χ4v) is 1.55. The SMILES string of the molecule is Cc1c(C(F)(F)F)nn([SH](=O)=O)c1C. The zero-order chi connectivity index (χ0) is 11.1. The van der Waals surface area contributed by atoms with Gasteiger partial charge in [0.2, 0.25) is 10.9 Å². The van der Waals surface area contributed by atoms with Gasteiger partial charge in [-0.15, -0.1) is 0 Å². The summed E-state index contributed by atoms with van der Waals surface area (Å²) in [5.74, 6) is 0. The smallest absolute Gasteiger partial charge is 0.208 e. The van der Waals surface area contributed by atoms with Crippen LogP contribution in [0.5, 0.6) is 0 Å². The van der Waals surface area contributed by atoms with E-state index < -0.39 is 22.8 Å². The molecule has 1 rings (SSSR count). The lowest BCUT2D eigenvalue weighted by Gasteiger charge is -2.01. The van der Waals surface area contributed by atoms with Crippen molar-refractivity contribution in [3.63, 3.8) is 0 Å². The largest absolute Gasteiger partial charge is 0.435 e. The Balaban J connectivity index is 3.44. The Morgan fingerprint density at radius 3 is 2.00 bits per heavy atom. The molecule has 0 spiro atoms. The van der Waals surface area contributed by atoms with E-state index in [0.29, 0.717) is 4.09 Å². The van der Waals surface area contributed by atoms with Crippen LogP contribution in [0.3, 0.4) is 0 Å².